The molecule has 1 unspecified atom stereocenters. The number of halogens is 1. The molecule has 1 saturated heterocycles. The van der Waals surface area contributed by atoms with E-state index in [1.807, 2.05) is 12.1 Å². The Morgan fingerprint density at radius 2 is 2.25 bits per heavy atom. The lowest BCUT2D eigenvalue weighted by atomic mass is 10.2. The molecule has 1 aliphatic rings. The van der Waals surface area contributed by atoms with E-state index in [4.69, 9.17) is 11.6 Å². The van der Waals surface area contributed by atoms with Gasteiger partial charge < -0.3 is 4.84 Å². The number of hydrogen-bond acceptors (Lipinski definition) is 5. The standard InChI is InChI=1S/C10H10ClN3O2/c1-6-9(10(15)16-14-6)13-12-8-5-3-2-4-7(8)11/h2-6,12,14H,1H3. The average molecular weight is 240 g/mol. The highest BCUT2D eigenvalue weighted by Gasteiger charge is 2.29. The fourth-order valence-electron chi connectivity index (χ4n) is 1.24. The van der Waals surface area contributed by atoms with Crippen LogP contribution in [0.2, 0.25) is 5.02 Å². The predicted octanol–water partition coefficient (Wildman–Crippen LogP) is 1.56. The van der Waals surface area contributed by atoms with Gasteiger partial charge in [-0.25, -0.2) is 4.79 Å². The molecule has 0 bridgehead atoms. The lowest BCUT2D eigenvalue weighted by Gasteiger charge is -2.03. The third-order valence-corrected chi connectivity index (χ3v) is 2.45. The van der Waals surface area contributed by atoms with Crippen LogP contribution in [0.4, 0.5) is 5.69 Å². The zero-order valence-corrected chi connectivity index (χ0v) is 9.28. The smallest absolute Gasteiger partial charge is 0.365 e. The van der Waals surface area contributed by atoms with Gasteiger partial charge in [0.05, 0.1) is 16.8 Å². The van der Waals surface area contributed by atoms with Crippen molar-refractivity contribution >= 4 is 29.0 Å². The summed E-state index contributed by atoms with van der Waals surface area (Å²) < 4.78 is 0. The minimum atomic E-state index is -0.480. The Labute approximate surface area is 97.4 Å². The fraction of sp³-hybridized carbons (Fsp3) is 0.200. The Balaban J connectivity index is 2.15. The number of hydrogen-bond donors (Lipinski definition) is 2. The summed E-state index contributed by atoms with van der Waals surface area (Å²) in [5.41, 5.74) is 6.18. The van der Waals surface area contributed by atoms with Crippen molar-refractivity contribution in [2.45, 2.75) is 13.0 Å². The van der Waals surface area contributed by atoms with E-state index < -0.39 is 5.97 Å². The van der Waals surface area contributed by atoms with Gasteiger partial charge in [0.1, 0.15) is 0 Å². The summed E-state index contributed by atoms with van der Waals surface area (Å²) in [6.07, 6.45) is 0. The molecule has 1 aromatic rings. The summed E-state index contributed by atoms with van der Waals surface area (Å²) in [4.78, 5) is 15.8. The molecule has 1 heterocycles. The maximum atomic E-state index is 11.2. The molecule has 0 amide bonds. The van der Waals surface area contributed by atoms with Crippen molar-refractivity contribution in [1.29, 1.82) is 0 Å². The molecule has 1 aliphatic heterocycles. The molecule has 0 saturated carbocycles. The third-order valence-electron chi connectivity index (χ3n) is 2.12. The van der Waals surface area contributed by atoms with Gasteiger partial charge in [-0.3, -0.25) is 5.43 Å². The van der Waals surface area contributed by atoms with Gasteiger partial charge in [0.15, 0.2) is 5.71 Å². The van der Waals surface area contributed by atoms with Crippen molar-refractivity contribution < 1.29 is 9.63 Å². The van der Waals surface area contributed by atoms with E-state index in [2.05, 4.69) is 20.8 Å². The number of carbonyl (C=O) groups excluding carboxylic acids is 1. The van der Waals surface area contributed by atoms with Crippen molar-refractivity contribution in [2.24, 2.45) is 5.10 Å². The summed E-state index contributed by atoms with van der Waals surface area (Å²) in [7, 11) is 0. The van der Waals surface area contributed by atoms with Crippen LogP contribution < -0.4 is 10.9 Å². The number of rotatable bonds is 2. The van der Waals surface area contributed by atoms with Gasteiger partial charge in [0, 0.05) is 0 Å². The largest absolute Gasteiger partial charge is 0.374 e. The van der Waals surface area contributed by atoms with Crippen molar-refractivity contribution in [3.63, 3.8) is 0 Å². The van der Waals surface area contributed by atoms with E-state index in [0.29, 0.717) is 16.4 Å². The highest BCUT2D eigenvalue weighted by atomic mass is 35.5. The number of nitrogens with one attached hydrogen (secondary N) is 2. The number of anilines is 1. The van der Waals surface area contributed by atoms with Crippen LogP contribution in [0, 0.1) is 0 Å². The quantitative estimate of drug-likeness (QED) is 0.769. The maximum absolute atomic E-state index is 11.2. The fourth-order valence-corrected chi connectivity index (χ4v) is 1.42. The molecule has 0 radical (unpaired) electrons. The lowest BCUT2D eigenvalue weighted by Crippen LogP contribution is -2.24. The van der Waals surface area contributed by atoms with E-state index in [1.165, 1.54) is 0 Å². The second kappa shape index (κ2) is 4.51. The van der Waals surface area contributed by atoms with Crippen molar-refractivity contribution in [3.8, 4) is 0 Å². The predicted molar refractivity (Wildman–Crippen MR) is 61.2 cm³/mol. The summed E-state index contributed by atoms with van der Waals surface area (Å²) in [6, 6.07) is 6.91. The van der Waals surface area contributed by atoms with Gasteiger partial charge in [0.2, 0.25) is 0 Å². The first kappa shape index (κ1) is 10.9. The highest BCUT2D eigenvalue weighted by Crippen LogP contribution is 2.20. The van der Waals surface area contributed by atoms with Crippen LogP contribution >= 0.6 is 11.6 Å². The number of carbonyl (C=O) groups is 1. The minimum Gasteiger partial charge on any atom is -0.365 e. The van der Waals surface area contributed by atoms with Gasteiger partial charge in [-0.2, -0.15) is 5.10 Å². The second-order valence-electron chi connectivity index (χ2n) is 3.32. The number of hydroxylamine groups is 1. The van der Waals surface area contributed by atoms with Crippen molar-refractivity contribution in [2.75, 3.05) is 5.43 Å². The number of hydrazone groups is 1. The van der Waals surface area contributed by atoms with Crippen LogP contribution in [0.5, 0.6) is 0 Å². The molecule has 0 aliphatic carbocycles. The molecule has 1 atom stereocenters. The molecular weight excluding hydrogens is 230 g/mol. The van der Waals surface area contributed by atoms with E-state index >= 15 is 0 Å². The molecule has 0 aromatic heterocycles. The van der Waals surface area contributed by atoms with Gasteiger partial charge in [-0.1, -0.05) is 23.7 Å². The van der Waals surface area contributed by atoms with Gasteiger partial charge in [-0.05, 0) is 19.1 Å². The molecule has 1 aromatic carbocycles. The molecule has 0 spiro atoms. The van der Waals surface area contributed by atoms with Crippen LogP contribution in [0.25, 0.3) is 0 Å². The van der Waals surface area contributed by atoms with Crippen LogP contribution in [-0.2, 0) is 9.63 Å². The highest BCUT2D eigenvalue weighted by molar-refractivity contribution is 6.40. The Hall–Kier alpha value is -1.59. The van der Waals surface area contributed by atoms with Crippen molar-refractivity contribution in [1.82, 2.24) is 5.48 Å². The number of benzene rings is 1. The van der Waals surface area contributed by atoms with Crippen LogP contribution in [0.3, 0.4) is 0 Å². The molecule has 6 heteroatoms. The van der Waals surface area contributed by atoms with Gasteiger partial charge in [-0.15, -0.1) is 5.48 Å². The molecule has 16 heavy (non-hydrogen) atoms. The Kier molecular flexibility index (Phi) is 3.07. The maximum Gasteiger partial charge on any atom is 0.374 e. The topological polar surface area (TPSA) is 62.7 Å². The first-order chi connectivity index (χ1) is 7.68. The molecule has 5 nitrogen and oxygen atoms in total. The zero-order chi connectivity index (χ0) is 11.5. The molecule has 1 fully saturated rings. The summed E-state index contributed by atoms with van der Waals surface area (Å²) in [6.45, 7) is 1.78. The summed E-state index contributed by atoms with van der Waals surface area (Å²) >= 11 is 5.92. The van der Waals surface area contributed by atoms with Gasteiger partial charge >= 0.3 is 5.97 Å². The Bertz CT molecular complexity index is 447. The minimum absolute atomic E-state index is 0.234. The number of nitrogens with zero attached hydrogens (tertiary/aromatic N) is 1. The van der Waals surface area contributed by atoms with E-state index in [1.54, 1.807) is 19.1 Å². The molecular formula is C10H10ClN3O2. The first-order valence-electron chi connectivity index (χ1n) is 4.73. The van der Waals surface area contributed by atoms with Crippen molar-refractivity contribution in [3.05, 3.63) is 29.3 Å². The average Bonchev–Trinajstić information content (AvgIpc) is 2.58. The first-order valence-corrected chi connectivity index (χ1v) is 5.11. The van der Waals surface area contributed by atoms with Gasteiger partial charge in [0.25, 0.3) is 0 Å². The zero-order valence-electron chi connectivity index (χ0n) is 8.53. The van der Waals surface area contributed by atoms with Crippen LogP contribution in [0.15, 0.2) is 29.4 Å². The normalized spacial score (nSPS) is 22.2. The summed E-state index contributed by atoms with van der Waals surface area (Å²) in [5, 5.41) is 4.50. The molecule has 2 N–H and O–H groups in total. The lowest BCUT2D eigenvalue weighted by molar-refractivity contribution is -0.138. The van der Waals surface area contributed by atoms with Crippen LogP contribution in [-0.4, -0.2) is 17.7 Å². The summed E-state index contributed by atoms with van der Waals surface area (Å²) in [5.74, 6) is -0.480. The number of para-hydroxylation sites is 1. The third kappa shape index (κ3) is 2.15. The SMILES string of the molecule is CC1NOC(=O)C1=NNc1ccccc1Cl. The Morgan fingerprint density at radius 1 is 1.50 bits per heavy atom. The monoisotopic (exact) mass is 239 g/mol. The van der Waals surface area contributed by atoms with E-state index in [-0.39, 0.29) is 6.04 Å². The van der Waals surface area contributed by atoms with E-state index in [9.17, 15) is 4.79 Å². The molecule has 84 valence electrons. The second-order valence-corrected chi connectivity index (χ2v) is 3.72. The Morgan fingerprint density at radius 3 is 2.88 bits per heavy atom. The van der Waals surface area contributed by atoms with E-state index in [0.717, 1.165) is 0 Å². The van der Waals surface area contributed by atoms with Crippen LogP contribution in [0.1, 0.15) is 6.92 Å². The molecule has 2 rings (SSSR count).